The second-order valence-electron chi connectivity index (χ2n) is 5.24. The number of para-hydroxylation sites is 1. The van der Waals surface area contributed by atoms with Crippen molar-refractivity contribution >= 4 is 23.2 Å². The van der Waals surface area contributed by atoms with Gasteiger partial charge in [-0.3, -0.25) is 4.79 Å². The summed E-state index contributed by atoms with van der Waals surface area (Å²) in [5.41, 5.74) is -0.892. The Hall–Kier alpha value is -2.64. The fourth-order valence-corrected chi connectivity index (χ4v) is 2.02. The van der Waals surface area contributed by atoms with Crippen LogP contribution in [-0.2, 0) is 11.0 Å². The monoisotopic (exact) mass is 322 g/mol. The van der Waals surface area contributed by atoms with Gasteiger partial charge in [0.15, 0.2) is 11.6 Å². The normalized spacial score (nSPS) is 14.4. The molecule has 1 heterocycles. The van der Waals surface area contributed by atoms with Crippen molar-refractivity contribution in [3.8, 4) is 0 Å². The molecule has 1 fully saturated rings. The van der Waals surface area contributed by atoms with Crippen LogP contribution in [0.4, 0.5) is 30.5 Å². The van der Waals surface area contributed by atoms with Gasteiger partial charge in [0.2, 0.25) is 5.91 Å². The van der Waals surface area contributed by atoms with Crippen molar-refractivity contribution in [3.05, 3.63) is 42.0 Å². The molecule has 3 rings (SSSR count). The Kier molecular flexibility index (Phi) is 3.89. The molecule has 1 amide bonds. The van der Waals surface area contributed by atoms with Gasteiger partial charge in [-0.15, -0.1) is 10.2 Å². The van der Waals surface area contributed by atoms with Crippen LogP contribution in [0.25, 0.3) is 0 Å². The van der Waals surface area contributed by atoms with Gasteiger partial charge in [-0.25, -0.2) is 0 Å². The van der Waals surface area contributed by atoms with E-state index in [1.165, 1.54) is 30.3 Å². The van der Waals surface area contributed by atoms with Crippen molar-refractivity contribution in [1.29, 1.82) is 0 Å². The Morgan fingerprint density at radius 3 is 2.30 bits per heavy atom. The molecule has 0 saturated heterocycles. The summed E-state index contributed by atoms with van der Waals surface area (Å²) in [6, 6.07) is 8.06. The molecule has 0 unspecified atom stereocenters. The molecule has 120 valence electrons. The molecule has 1 aromatic carbocycles. The average molecular weight is 322 g/mol. The summed E-state index contributed by atoms with van der Waals surface area (Å²) >= 11 is 0. The molecule has 1 aliphatic carbocycles. The summed E-state index contributed by atoms with van der Waals surface area (Å²) in [5.74, 6) is 0.360. The lowest BCUT2D eigenvalue weighted by Gasteiger charge is -2.13. The first-order valence-electron chi connectivity index (χ1n) is 7.01. The Morgan fingerprint density at radius 1 is 1.04 bits per heavy atom. The highest BCUT2D eigenvalue weighted by molar-refractivity contribution is 5.93. The maximum absolute atomic E-state index is 12.9. The third-order valence-electron chi connectivity index (χ3n) is 3.36. The second-order valence-corrected chi connectivity index (χ2v) is 5.24. The molecule has 1 saturated carbocycles. The van der Waals surface area contributed by atoms with Crippen molar-refractivity contribution in [2.24, 2.45) is 5.92 Å². The molecule has 0 bridgehead atoms. The van der Waals surface area contributed by atoms with E-state index in [0.717, 1.165) is 18.9 Å². The first-order chi connectivity index (χ1) is 10.9. The zero-order chi connectivity index (χ0) is 16.4. The molecule has 8 heteroatoms. The first-order valence-corrected chi connectivity index (χ1v) is 7.01. The van der Waals surface area contributed by atoms with E-state index in [0.29, 0.717) is 0 Å². The van der Waals surface area contributed by atoms with Gasteiger partial charge in [0.05, 0.1) is 11.3 Å². The Morgan fingerprint density at radius 2 is 1.70 bits per heavy atom. The molecule has 0 radical (unpaired) electrons. The molecule has 1 aliphatic rings. The molecule has 23 heavy (non-hydrogen) atoms. The molecular formula is C15H13F3N4O. The number of carbonyl (C=O) groups is 1. The largest absolute Gasteiger partial charge is 0.418 e. The predicted octanol–water partition coefficient (Wildman–Crippen LogP) is 3.59. The van der Waals surface area contributed by atoms with Crippen molar-refractivity contribution < 1.29 is 18.0 Å². The highest BCUT2D eigenvalue weighted by atomic mass is 19.4. The van der Waals surface area contributed by atoms with Crippen LogP contribution in [0.1, 0.15) is 18.4 Å². The minimum atomic E-state index is -4.46. The number of nitrogens with one attached hydrogen (secondary N) is 2. The van der Waals surface area contributed by atoms with Gasteiger partial charge in [-0.2, -0.15) is 13.2 Å². The minimum Gasteiger partial charge on any atom is -0.338 e. The molecule has 0 spiro atoms. The van der Waals surface area contributed by atoms with Gasteiger partial charge in [-0.1, -0.05) is 12.1 Å². The number of anilines is 3. The number of alkyl halides is 3. The van der Waals surface area contributed by atoms with Crippen LogP contribution < -0.4 is 10.6 Å². The van der Waals surface area contributed by atoms with Gasteiger partial charge in [-0.05, 0) is 37.1 Å². The maximum atomic E-state index is 12.9. The Labute approximate surface area is 129 Å². The lowest BCUT2D eigenvalue weighted by molar-refractivity contribution is -0.136. The van der Waals surface area contributed by atoms with E-state index in [1.54, 1.807) is 0 Å². The van der Waals surface area contributed by atoms with E-state index in [1.807, 2.05) is 0 Å². The summed E-state index contributed by atoms with van der Waals surface area (Å²) < 4.78 is 38.8. The standard InChI is InChI=1S/C15H13F3N4O/c16-15(17,18)10-3-1-2-4-11(10)19-12-7-8-13(22-21-12)20-14(23)9-5-6-9/h1-4,7-9H,5-6H2,(H,19,21)(H,20,22,23). The van der Waals surface area contributed by atoms with Crippen LogP contribution in [0.2, 0.25) is 0 Å². The number of benzene rings is 1. The van der Waals surface area contributed by atoms with Crippen molar-refractivity contribution in [2.75, 3.05) is 10.6 Å². The number of carbonyl (C=O) groups excluding carboxylic acids is 1. The fourth-order valence-electron chi connectivity index (χ4n) is 2.02. The lowest BCUT2D eigenvalue weighted by Crippen LogP contribution is -2.15. The molecule has 5 nitrogen and oxygen atoms in total. The van der Waals surface area contributed by atoms with Crippen LogP contribution in [0.5, 0.6) is 0 Å². The number of amides is 1. The van der Waals surface area contributed by atoms with Crippen LogP contribution in [0, 0.1) is 5.92 Å². The van der Waals surface area contributed by atoms with E-state index in [-0.39, 0.29) is 29.1 Å². The zero-order valence-electron chi connectivity index (χ0n) is 11.9. The lowest BCUT2D eigenvalue weighted by atomic mass is 10.1. The predicted molar refractivity (Wildman–Crippen MR) is 78.1 cm³/mol. The Balaban J connectivity index is 1.72. The van der Waals surface area contributed by atoms with Crippen molar-refractivity contribution in [2.45, 2.75) is 19.0 Å². The smallest absolute Gasteiger partial charge is 0.338 e. The first kappa shape index (κ1) is 15.3. The second kappa shape index (κ2) is 5.86. The number of nitrogens with zero attached hydrogens (tertiary/aromatic N) is 2. The van der Waals surface area contributed by atoms with Gasteiger partial charge >= 0.3 is 6.18 Å². The number of aromatic nitrogens is 2. The van der Waals surface area contributed by atoms with E-state index in [4.69, 9.17) is 0 Å². The quantitative estimate of drug-likeness (QED) is 0.903. The highest BCUT2D eigenvalue weighted by Gasteiger charge is 2.33. The molecule has 2 aromatic rings. The number of hydrogen-bond donors (Lipinski definition) is 2. The third-order valence-corrected chi connectivity index (χ3v) is 3.36. The van der Waals surface area contributed by atoms with Gasteiger partial charge in [0.1, 0.15) is 0 Å². The topological polar surface area (TPSA) is 66.9 Å². The summed E-state index contributed by atoms with van der Waals surface area (Å²) in [6.07, 6.45) is -2.73. The number of halogens is 3. The van der Waals surface area contributed by atoms with E-state index < -0.39 is 11.7 Å². The van der Waals surface area contributed by atoms with Crippen LogP contribution in [0.3, 0.4) is 0 Å². The van der Waals surface area contributed by atoms with Gasteiger partial charge < -0.3 is 10.6 Å². The molecule has 2 N–H and O–H groups in total. The summed E-state index contributed by atoms with van der Waals surface area (Å²) in [6.45, 7) is 0. The van der Waals surface area contributed by atoms with Crippen LogP contribution in [-0.4, -0.2) is 16.1 Å². The minimum absolute atomic E-state index is 0.0354. The molecule has 0 atom stereocenters. The molecule has 0 aliphatic heterocycles. The summed E-state index contributed by atoms with van der Waals surface area (Å²) in [4.78, 5) is 11.6. The van der Waals surface area contributed by atoms with Crippen LogP contribution in [0.15, 0.2) is 36.4 Å². The SMILES string of the molecule is O=C(Nc1ccc(Nc2ccccc2C(F)(F)F)nn1)C1CC1. The van der Waals surface area contributed by atoms with Gasteiger partial charge in [0.25, 0.3) is 0 Å². The molecular weight excluding hydrogens is 309 g/mol. The average Bonchev–Trinajstić information content (AvgIpc) is 3.33. The Bertz CT molecular complexity index is 711. The van der Waals surface area contributed by atoms with Crippen molar-refractivity contribution in [1.82, 2.24) is 10.2 Å². The van der Waals surface area contributed by atoms with Crippen molar-refractivity contribution in [3.63, 3.8) is 0 Å². The fraction of sp³-hybridized carbons (Fsp3) is 0.267. The van der Waals surface area contributed by atoms with E-state index >= 15 is 0 Å². The highest BCUT2D eigenvalue weighted by Crippen LogP contribution is 2.35. The summed E-state index contributed by atoms with van der Waals surface area (Å²) in [7, 11) is 0. The molecule has 1 aromatic heterocycles. The number of hydrogen-bond acceptors (Lipinski definition) is 4. The van der Waals surface area contributed by atoms with Crippen LogP contribution >= 0.6 is 0 Å². The van der Waals surface area contributed by atoms with E-state index in [2.05, 4.69) is 20.8 Å². The van der Waals surface area contributed by atoms with E-state index in [9.17, 15) is 18.0 Å². The van der Waals surface area contributed by atoms with Gasteiger partial charge in [0, 0.05) is 5.92 Å². The third kappa shape index (κ3) is 3.77. The maximum Gasteiger partial charge on any atom is 0.418 e. The number of rotatable bonds is 4. The summed E-state index contributed by atoms with van der Waals surface area (Å²) in [5, 5.41) is 12.8. The zero-order valence-corrected chi connectivity index (χ0v) is 11.9.